The smallest absolute Gasteiger partial charge is 0.398 e. The van der Waals surface area contributed by atoms with Crippen LogP contribution in [-0.2, 0) is 6.18 Å². The monoisotopic (exact) mass is 271 g/mol. The molecule has 0 spiro atoms. The van der Waals surface area contributed by atoms with Crippen LogP contribution < -0.4 is 5.73 Å². The van der Waals surface area contributed by atoms with Crippen molar-refractivity contribution >= 4 is 17.3 Å². The largest absolute Gasteiger partial charge is 0.418 e. The summed E-state index contributed by atoms with van der Waals surface area (Å²) in [5.41, 5.74) is 5.14. The number of rotatable bonds is 1. The van der Waals surface area contributed by atoms with Gasteiger partial charge in [0.25, 0.3) is 0 Å². The first kappa shape index (κ1) is 12.8. The molecule has 94 valence electrons. The Morgan fingerprint density at radius 2 is 1.67 bits per heavy atom. The lowest BCUT2D eigenvalue weighted by molar-refractivity contribution is -0.136. The Hall–Kier alpha value is -1.68. The molecule has 0 amide bonds. The topological polar surface area (TPSA) is 26.0 Å². The molecule has 0 unspecified atom stereocenters. The molecule has 2 rings (SSSR count). The van der Waals surface area contributed by atoms with Gasteiger partial charge in [-0.05, 0) is 23.8 Å². The molecule has 0 saturated carbocycles. The first-order valence-corrected chi connectivity index (χ1v) is 5.49. The zero-order valence-electron chi connectivity index (χ0n) is 9.13. The lowest BCUT2D eigenvalue weighted by Gasteiger charge is -2.12. The molecule has 0 aliphatic carbocycles. The minimum atomic E-state index is -4.47. The van der Waals surface area contributed by atoms with Crippen molar-refractivity contribution in [3.63, 3.8) is 0 Å². The Bertz CT molecular complexity index is 579. The van der Waals surface area contributed by atoms with E-state index >= 15 is 0 Å². The van der Waals surface area contributed by atoms with E-state index in [1.54, 1.807) is 24.3 Å². The molecule has 0 aliphatic heterocycles. The second-order valence-electron chi connectivity index (χ2n) is 3.78. The highest BCUT2D eigenvalue weighted by Crippen LogP contribution is 2.37. The second kappa shape index (κ2) is 4.53. The van der Waals surface area contributed by atoms with Gasteiger partial charge in [-0.25, -0.2) is 0 Å². The lowest BCUT2D eigenvalue weighted by atomic mass is 10.0. The van der Waals surface area contributed by atoms with Crippen LogP contribution in [-0.4, -0.2) is 0 Å². The zero-order valence-corrected chi connectivity index (χ0v) is 9.89. The number of alkyl halides is 3. The highest BCUT2D eigenvalue weighted by atomic mass is 35.5. The van der Waals surface area contributed by atoms with Gasteiger partial charge in [-0.1, -0.05) is 35.9 Å². The van der Waals surface area contributed by atoms with Crippen molar-refractivity contribution in [2.24, 2.45) is 0 Å². The Kier molecular flexibility index (Phi) is 3.22. The predicted molar refractivity (Wildman–Crippen MR) is 66.3 cm³/mol. The minimum absolute atomic E-state index is 0.293. The van der Waals surface area contributed by atoms with Crippen LogP contribution in [0, 0.1) is 0 Å². The van der Waals surface area contributed by atoms with Gasteiger partial charge < -0.3 is 5.73 Å². The van der Waals surface area contributed by atoms with Gasteiger partial charge in [-0.2, -0.15) is 13.2 Å². The molecule has 0 saturated heterocycles. The third kappa shape index (κ3) is 2.43. The quantitative estimate of drug-likeness (QED) is 0.753. The number of anilines is 1. The molecule has 2 aromatic rings. The molecule has 0 radical (unpaired) electrons. The zero-order chi connectivity index (χ0) is 13.3. The van der Waals surface area contributed by atoms with Gasteiger partial charge in [0.05, 0.1) is 5.56 Å². The number of benzene rings is 2. The summed E-state index contributed by atoms with van der Waals surface area (Å²) in [5, 5.41) is 0.399. The average Bonchev–Trinajstić information content (AvgIpc) is 2.29. The first-order valence-electron chi connectivity index (χ1n) is 5.11. The molecule has 2 aromatic carbocycles. The van der Waals surface area contributed by atoms with Gasteiger partial charge in [-0.15, -0.1) is 0 Å². The van der Waals surface area contributed by atoms with E-state index in [-0.39, 0.29) is 5.69 Å². The lowest BCUT2D eigenvalue weighted by Crippen LogP contribution is -2.08. The molecule has 2 N–H and O–H groups in total. The van der Waals surface area contributed by atoms with E-state index in [9.17, 15) is 13.2 Å². The molecule has 0 aliphatic rings. The van der Waals surface area contributed by atoms with Crippen molar-refractivity contribution in [1.29, 1.82) is 0 Å². The van der Waals surface area contributed by atoms with E-state index in [0.717, 1.165) is 6.07 Å². The van der Waals surface area contributed by atoms with E-state index in [2.05, 4.69) is 0 Å². The molecular formula is C13H9ClF3N. The van der Waals surface area contributed by atoms with Gasteiger partial charge in [0, 0.05) is 16.3 Å². The standard InChI is InChI=1S/C13H9ClF3N/c14-11-4-2-1-3-9(11)8-5-6-12(18)10(7-8)13(15,16)17/h1-7H,18H2. The molecule has 1 nitrogen and oxygen atoms in total. The van der Waals surface area contributed by atoms with Gasteiger partial charge in [0.15, 0.2) is 0 Å². The van der Waals surface area contributed by atoms with E-state index < -0.39 is 11.7 Å². The molecule has 0 aromatic heterocycles. The summed E-state index contributed by atoms with van der Waals surface area (Å²) in [6.45, 7) is 0. The summed E-state index contributed by atoms with van der Waals surface area (Å²) >= 11 is 5.95. The van der Waals surface area contributed by atoms with Crippen molar-refractivity contribution in [3.05, 3.63) is 53.1 Å². The molecular weight excluding hydrogens is 263 g/mol. The van der Waals surface area contributed by atoms with Crippen LogP contribution in [0.2, 0.25) is 5.02 Å². The van der Waals surface area contributed by atoms with Crippen LogP contribution in [0.15, 0.2) is 42.5 Å². The van der Waals surface area contributed by atoms with E-state index in [0.29, 0.717) is 16.1 Å². The van der Waals surface area contributed by atoms with Gasteiger partial charge in [0.1, 0.15) is 0 Å². The number of hydrogen-bond acceptors (Lipinski definition) is 1. The maximum Gasteiger partial charge on any atom is 0.418 e. The highest BCUT2D eigenvalue weighted by molar-refractivity contribution is 6.33. The third-order valence-corrected chi connectivity index (χ3v) is 2.87. The molecule has 0 fully saturated rings. The van der Waals surface area contributed by atoms with Gasteiger partial charge >= 0.3 is 6.18 Å². The molecule has 0 atom stereocenters. The number of nitrogen functional groups attached to an aromatic ring is 1. The Labute approximate surface area is 107 Å². The fourth-order valence-electron chi connectivity index (χ4n) is 1.66. The van der Waals surface area contributed by atoms with E-state index in [1.165, 1.54) is 12.1 Å². The van der Waals surface area contributed by atoms with E-state index in [1.807, 2.05) is 0 Å². The fraction of sp³-hybridized carbons (Fsp3) is 0.0769. The fourth-order valence-corrected chi connectivity index (χ4v) is 1.91. The summed E-state index contributed by atoms with van der Waals surface area (Å²) in [6.07, 6.45) is -4.47. The van der Waals surface area contributed by atoms with Crippen molar-refractivity contribution in [2.75, 3.05) is 5.73 Å². The summed E-state index contributed by atoms with van der Waals surface area (Å²) in [7, 11) is 0. The highest BCUT2D eigenvalue weighted by Gasteiger charge is 2.33. The Morgan fingerprint density at radius 1 is 1.00 bits per heavy atom. The maximum atomic E-state index is 12.7. The average molecular weight is 272 g/mol. The predicted octanol–water partition coefficient (Wildman–Crippen LogP) is 4.61. The van der Waals surface area contributed by atoms with Crippen LogP contribution in [0.1, 0.15) is 5.56 Å². The summed E-state index contributed by atoms with van der Waals surface area (Å²) in [4.78, 5) is 0. The van der Waals surface area contributed by atoms with E-state index in [4.69, 9.17) is 17.3 Å². The first-order chi connectivity index (χ1) is 8.39. The van der Waals surface area contributed by atoms with Crippen LogP contribution in [0.4, 0.5) is 18.9 Å². The summed E-state index contributed by atoms with van der Waals surface area (Å²) in [6, 6.07) is 10.5. The van der Waals surface area contributed by atoms with Crippen LogP contribution >= 0.6 is 11.6 Å². The number of halogens is 4. The second-order valence-corrected chi connectivity index (χ2v) is 4.19. The molecule has 5 heteroatoms. The summed E-state index contributed by atoms with van der Waals surface area (Å²) in [5.74, 6) is 0. The normalized spacial score (nSPS) is 11.6. The molecule has 0 heterocycles. The SMILES string of the molecule is Nc1ccc(-c2ccccc2Cl)cc1C(F)(F)F. The number of nitrogens with two attached hydrogens (primary N) is 1. The van der Waals surface area contributed by atoms with Crippen LogP contribution in [0.5, 0.6) is 0 Å². The Morgan fingerprint density at radius 3 is 2.28 bits per heavy atom. The van der Waals surface area contributed by atoms with Gasteiger partial charge in [0.2, 0.25) is 0 Å². The summed E-state index contributed by atoms with van der Waals surface area (Å²) < 4.78 is 38.2. The molecule has 18 heavy (non-hydrogen) atoms. The van der Waals surface area contributed by atoms with Crippen LogP contribution in [0.25, 0.3) is 11.1 Å². The van der Waals surface area contributed by atoms with Crippen molar-refractivity contribution in [3.8, 4) is 11.1 Å². The minimum Gasteiger partial charge on any atom is -0.398 e. The number of hydrogen-bond donors (Lipinski definition) is 1. The molecule has 0 bridgehead atoms. The van der Waals surface area contributed by atoms with Crippen LogP contribution in [0.3, 0.4) is 0 Å². The Balaban J connectivity index is 2.58. The maximum absolute atomic E-state index is 12.7. The van der Waals surface area contributed by atoms with Crippen molar-refractivity contribution < 1.29 is 13.2 Å². The third-order valence-electron chi connectivity index (χ3n) is 2.54. The van der Waals surface area contributed by atoms with Gasteiger partial charge in [-0.3, -0.25) is 0 Å². The van der Waals surface area contributed by atoms with Crippen molar-refractivity contribution in [1.82, 2.24) is 0 Å². The van der Waals surface area contributed by atoms with Crippen molar-refractivity contribution in [2.45, 2.75) is 6.18 Å².